The second kappa shape index (κ2) is 32.4. The highest BCUT2D eigenvalue weighted by Gasteiger charge is 2.51. The van der Waals surface area contributed by atoms with Crippen LogP contribution in [0.3, 0.4) is 0 Å². The minimum atomic E-state index is -2.32. The highest BCUT2D eigenvalue weighted by Crippen LogP contribution is 2.38. The van der Waals surface area contributed by atoms with Gasteiger partial charge >= 0.3 is 5.97 Å². The summed E-state index contributed by atoms with van der Waals surface area (Å²) < 4.78 is 23.8. The first kappa shape index (κ1) is 63.3. The topological polar surface area (TPSA) is 367 Å². The molecule has 3 aliphatic heterocycles. The Morgan fingerprint density at radius 2 is 1.29 bits per heavy atom. The van der Waals surface area contributed by atoms with Crippen molar-refractivity contribution in [3.8, 4) is 0 Å². The molecule has 21 nitrogen and oxygen atoms in total. The lowest BCUT2D eigenvalue weighted by molar-refractivity contribution is -0.307. The second-order valence-corrected chi connectivity index (χ2v) is 19.4. The summed E-state index contributed by atoms with van der Waals surface area (Å²) in [5.41, 5.74) is 11.2. The van der Waals surface area contributed by atoms with Crippen LogP contribution in [0, 0.1) is 17.8 Å². The minimum absolute atomic E-state index is 0.0145. The number of fused-ring (bicyclic) bond motifs is 2. The average molecular weight is 1040 g/mol. The van der Waals surface area contributed by atoms with Gasteiger partial charge in [0.05, 0.1) is 79.4 Å². The Kier molecular flexibility index (Phi) is 28.1. The SMILES string of the molecule is C[C@@H]1[C@H](O)[C@@H](C)/C=C/C=C/C=C/C=C/C=C/C=C/C=C/[C@H](O[C@H]2O[C@@H](C)[C@@H](O)[C@H](NC(=O)CCN)[C@@H]2O)C[C@@H]2OC(O)(C[C@@H](O)C[C@@H](O)[C@H](O)CC[C@@H](O)C[C@@H](O)CC(=O)O[C@H]1C)C[C@H](O)[C@H]2C(=O)NCCN. The van der Waals surface area contributed by atoms with Crippen molar-refractivity contribution in [3.63, 3.8) is 0 Å². The molecule has 1 unspecified atom stereocenters. The number of aliphatic hydroxyl groups is 10. The standard InChI is InChI=1S/C52H84N4O17/c1-31-17-15-13-11-9-7-5-6-8-10-12-14-16-18-38(72-51-49(67)46(48(66)34(4)71-51)56-43(63)21-22-53)28-42-45(50(68)55-24-23-54)41(62)30-52(69,73-42)29-37(59)26-40(61)39(60)20-19-35(57)25-36(58)27-44(64)70-33(3)32(2)47(31)65/h5-18,31-42,45-49,51,57-62,65-67,69H,19-30,53-54H2,1-4H3,(H,55,68)(H,56,63)/b6-5+,9-7+,10-8+,13-11+,14-12+,17-15+,18-16+/t31-,32-,33-,34-,35+,36+,37-,38-,39+,40+,41-,42-,45+,46-,47+,48+,49-,51+,52?/m0/s1. The summed E-state index contributed by atoms with van der Waals surface area (Å²) in [6, 6.07) is -1.24. The van der Waals surface area contributed by atoms with Gasteiger partial charge < -0.3 is 92.1 Å². The van der Waals surface area contributed by atoms with Crippen LogP contribution in [0.4, 0.5) is 0 Å². The van der Waals surface area contributed by atoms with Gasteiger partial charge in [-0.3, -0.25) is 14.4 Å². The molecule has 2 amide bonds. The first-order valence-electron chi connectivity index (χ1n) is 25.3. The summed E-state index contributed by atoms with van der Waals surface area (Å²) in [6.07, 6.45) is 3.23. The quantitative estimate of drug-likeness (QED) is 0.132. The third kappa shape index (κ3) is 22.0. The smallest absolute Gasteiger partial charge is 0.308 e. The molecule has 19 atom stereocenters. The Morgan fingerprint density at radius 3 is 1.89 bits per heavy atom. The van der Waals surface area contributed by atoms with Crippen molar-refractivity contribution < 1.29 is 84.4 Å². The number of cyclic esters (lactones) is 1. The molecule has 16 N–H and O–H groups in total. The van der Waals surface area contributed by atoms with Crippen LogP contribution in [-0.2, 0) is 33.3 Å². The molecule has 2 saturated heterocycles. The Morgan fingerprint density at radius 1 is 0.685 bits per heavy atom. The zero-order valence-electron chi connectivity index (χ0n) is 42.4. The fraction of sp³-hybridized carbons (Fsp3) is 0.673. The number of nitrogens with two attached hydrogens (primary N) is 2. The van der Waals surface area contributed by atoms with E-state index in [1.54, 1.807) is 80.7 Å². The number of carbonyl (C=O) groups is 3. The highest BCUT2D eigenvalue weighted by atomic mass is 16.7. The average Bonchev–Trinajstić information content (AvgIpc) is 3.31. The van der Waals surface area contributed by atoms with Crippen molar-refractivity contribution >= 4 is 17.8 Å². The first-order valence-corrected chi connectivity index (χ1v) is 25.3. The number of amides is 2. The molecule has 73 heavy (non-hydrogen) atoms. The molecule has 3 heterocycles. The monoisotopic (exact) mass is 1040 g/mol. The predicted molar refractivity (Wildman–Crippen MR) is 269 cm³/mol. The van der Waals surface area contributed by atoms with E-state index < -0.39 is 153 Å². The number of hydrogen-bond acceptors (Lipinski definition) is 19. The molecule has 21 heteroatoms. The van der Waals surface area contributed by atoms with Gasteiger partial charge in [-0.15, -0.1) is 0 Å². The molecular formula is C52H84N4O17. The Labute approximate surface area is 428 Å². The zero-order chi connectivity index (χ0) is 54.3. The summed E-state index contributed by atoms with van der Waals surface area (Å²) in [5.74, 6) is -6.34. The number of aliphatic hydroxyl groups excluding tert-OH is 9. The molecule has 0 aliphatic carbocycles. The van der Waals surface area contributed by atoms with E-state index >= 15 is 0 Å². The van der Waals surface area contributed by atoms with Gasteiger partial charge in [-0.1, -0.05) is 98.9 Å². The van der Waals surface area contributed by atoms with E-state index in [0.29, 0.717) is 0 Å². The van der Waals surface area contributed by atoms with Gasteiger partial charge in [-0.05, 0) is 33.1 Å². The van der Waals surface area contributed by atoms with Crippen LogP contribution in [-0.4, -0.2) is 186 Å². The summed E-state index contributed by atoms with van der Waals surface area (Å²) in [5, 5.41) is 116. The second-order valence-electron chi connectivity index (χ2n) is 19.4. The normalized spacial score (nSPS) is 41.7. The molecule has 0 aromatic heterocycles. The van der Waals surface area contributed by atoms with E-state index in [0.717, 1.165) is 0 Å². The van der Waals surface area contributed by atoms with E-state index in [-0.39, 0.29) is 57.7 Å². The van der Waals surface area contributed by atoms with Crippen molar-refractivity contribution in [1.82, 2.24) is 10.6 Å². The van der Waals surface area contributed by atoms with E-state index in [9.17, 15) is 65.4 Å². The van der Waals surface area contributed by atoms with Gasteiger partial charge in [-0.2, -0.15) is 0 Å². The van der Waals surface area contributed by atoms with Crippen molar-refractivity contribution in [2.75, 3.05) is 19.6 Å². The minimum Gasteiger partial charge on any atom is -0.462 e. The van der Waals surface area contributed by atoms with Crippen LogP contribution < -0.4 is 22.1 Å². The van der Waals surface area contributed by atoms with Crippen molar-refractivity contribution in [1.29, 1.82) is 0 Å². The maximum absolute atomic E-state index is 13.6. The predicted octanol–water partition coefficient (Wildman–Crippen LogP) is -0.792. The van der Waals surface area contributed by atoms with Gasteiger partial charge in [0.1, 0.15) is 18.3 Å². The van der Waals surface area contributed by atoms with Gasteiger partial charge in [0, 0.05) is 63.6 Å². The number of rotatable bonds is 8. The fourth-order valence-electron chi connectivity index (χ4n) is 8.83. The molecule has 0 spiro atoms. The molecule has 2 bridgehead atoms. The molecular weight excluding hydrogens is 953 g/mol. The van der Waals surface area contributed by atoms with E-state index in [4.69, 9.17) is 30.4 Å². The summed E-state index contributed by atoms with van der Waals surface area (Å²) in [4.78, 5) is 38.9. The Balaban J connectivity index is 1.96. The lowest BCUT2D eigenvalue weighted by Gasteiger charge is -2.46. The van der Waals surface area contributed by atoms with Crippen LogP contribution in [0.25, 0.3) is 0 Å². The van der Waals surface area contributed by atoms with Gasteiger partial charge in [0.15, 0.2) is 12.1 Å². The third-order valence-electron chi connectivity index (χ3n) is 13.1. The van der Waals surface area contributed by atoms with Crippen LogP contribution in [0.2, 0.25) is 0 Å². The van der Waals surface area contributed by atoms with Crippen molar-refractivity contribution in [3.05, 3.63) is 85.1 Å². The number of hydrogen-bond donors (Lipinski definition) is 14. The summed E-state index contributed by atoms with van der Waals surface area (Å²) >= 11 is 0. The first-order chi connectivity index (χ1) is 34.6. The van der Waals surface area contributed by atoms with Crippen molar-refractivity contribution in [2.24, 2.45) is 29.2 Å². The van der Waals surface area contributed by atoms with Crippen LogP contribution in [0.5, 0.6) is 0 Å². The number of allylic oxidation sites excluding steroid dienone is 12. The van der Waals surface area contributed by atoms with E-state index in [2.05, 4.69) is 10.6 Å². The molecule has 414 valence electrons. The highest BCUT2D eigenvalue weighted by molar-refractivity contribution is 5.80. The number of nitrogens with one attached hydrogen (secondary N) is 2. The largest absolute Gasteiger partial charge is 0.462 e. The summed E-state index contributed by atoms with van der Waals surface area (Å²) in [6.45, 7) is 6.84. The van der Waals surface area contributed by atoms with Gasteiger partial charge in [0.25, 0.3) is 0 Å². The number of carbonyl (C=O) groups excluding carboxylic acids is 3. The lowest BCUT2D eigenvalue weighted by atomic mass is 9.82. The molecule has 0 radical (unpaired) electrons. The maximum Gasteiger partial charge on any atom is 0.308 e. The van der Waals surface area contributed by atoms with Crippen LogP contribution in [0.15, 0.2) is 85.1 Å². The molecule has 0 aromatic rings. The summed E-state index contributed by atoms with van der Waals surface area (Å²) in [7, 11) is 0. The molecule has 2 fully saturated rings. The molecule has 3 rings (SSSR count). The maximum atomic E-state index is 13.6. The van der Waals surface area contributed by atoms with E-state index in [1.807, 2.05) is 25.2 Å². The third-order valence-corrected chi connectivity index (χ3v) is 13.1. The Hall–Kier alpha value is -4.01. The zero-order valence-corrected chi connectivity index (χ0v) is 42.4. The molecule has 0 aromatic carbocycles. The molecule has 3 aliphatic rings. The lowest BCUT2D eigenvalue weighted by Crippen LogP contribution is -2.64. The van der Waals surface area contributed by atoms with Crippen LogP contribution >= 0.6 is 0 Å². The fourth-order valence-corrected chi connectivity index (χ4v) is 8.83. The van der Waals surface area contributed by atoms with Gasteiger partial charge in [0.2, 0.25) is 11.8 Å². The molecule has 0 saturated carbocycles. The Bertz CT molecular complexity index is 1880. The number of ether oxygens (including phenoxy) is 4. The van der Waals surface area contributed by atoms with Crippen molar-refractivity contribution in [2.45, 2.75) is 183 Å². The van der Waals surface area contributed by atoms with Crippen LogP contribution in [0.1, 0.15) is 85.5 Å². The van der Waals surface area contributed by atoms with Gasteiger partial charge in [-0.25, -0.2) is 0 Å². The van der Waals surface area contributed by atoms with E-state index in [1.165, 1.54) is 6.92 Å². The number of esters is 1.